The summed E-state index contributed by atoms with van der Waals surface area (Å²) < 4.78 is 1.77. The molecule has 1 aliphatic heterocycles. The quantitative estimate of drug-likeness (QED) is 0.792. The van der Waals surface area contributed by atoms with Crippen molar-refractivity contribution in [2.24, 2.45) is 7.05 Å². The van der Waals surface area contributed by atoms with Gasteiger partial charge < -0.3 is 5.73 Å². The fourth-order valence-corrected chi connectivity index (χ4v) is 4.15. The third kappa shape index (κ3) is 2.89. The molecule has 6 nitrogen and oxygen atoms in total. The highest BCUT2D eigenvalue weighted by atomic mass is 32.1. The van der Waals surface area contributed by atoms with E-state index in [9.17, 15) is 0 Å². The molecule has 1 atom stereocenters. The first-order valence-electron chi connectivity index (χ1n) is 8.32. The zero-order valence-corrected chi connectivity index (χ0v) is 14.9. The van der Waals surface area contributed by atoms with Gasteiger partial charge in [0, 0.05) is 37.1 Å². The van der Waals surface area contributed by atoms with Gasteiger partial charge in [-0.1, -0.05) is 0 Å². The summed E-state index contributed by atoms with van der Waals surface area (Å²) in [6, 6.07) is 4.17. The Morgan fingerprint density at radius 2 is 2.21 bits per heavy atom. The Morgan fingerprint density at radius 1 is 1.33 bits per heavy atom. The van der Waals surface area contributed by atoms with Crippen molar-refractivity contribution in [2.75, 3.05) is 18.8 Å². The van der Waals surface area contributed by atoms with Crippen molar-refractivity contribution in [3.05, 3.63) is 33.9 Å². The lowest BCUT2D eigenvalue weighted by Crippen LogP contribution is -2.34. The molecule has 1 aliphatic rings. The molecule has 4 heterocycles. The van der Waals surface area contributed by atoms with Crippen LogP contribution in [0.25, 0.3) is 11.0 Å². The lowest BCUT2D eigenvalue weighted by molar-refractivity contribution is 0.197. The first kappa shape index (κ1) is 15.5. The third-order valence-corrected chi connectivity index (χ3v) is 5.54. The molecule has 0 aromatic carbocycles. The summed E-state index contributed by atoms with van der Waals surface area (Å²) in [5, 5.41) is 8.51. The molecule has 4 rings (SSSR count). The number of rotatable bonds is 3. The Hall–Kier alpha value is -1.99. The van der Waals surface area contributed by atoms with Crippen LogP contribution in [0, 0.1) is 6.92 Å². The lowest BCUT2D eigenvalue weighted by Gasteiger charge is -2.32. The molecule has 0 spiro atoms. The molecule has 0 amide bonds. The second-order valence-corrected chi connectivity index (χ2v) is 7.61. The summed E-state index contributed by atoms with van der Waals surface area (Å²) in [6.07, 6.45) is 2.37. The Kier molecular flexibility index (Phi) is 3.97. The number of pyridine rings is 1. The number of piperidine rings is 1. The fraction of sp³-hybridized carbons (Fsp3) is 0.471. The first-order valence-corrected chi connectivity index (χ1v) is 9.20. The molecule has 126 valence electrons. The number of likely N-dealkylation sites (tertiary alicyclic amines) is 1. The number of nitrogens with two attached hydrogens (primary N) is 1. The predicted molar refractivity (Wildman–Crippen MR) is 97.0 cm³/mol. The maximum atomic E-state index is 5.93. The van der Waals surface area contributed by atoms with Gasteiger partial charge in [0.2, 0.25) is 0 Å². The van der Waals surface area contributed by atoms with Crippen molar-refractivity contribution < 1.29 is 0 Å². The summed E-state index contributed by atoms with van der Waals surface area (Å²) in [5.41, 5.74) is 9.13. The first-order chi connectivity index (χ1) is 11.6. The average molecular weight is 342 g/mol. The molecule has 0 unspecified atom stereocenters. The van der Waals surface area contributed by atoms with Gasteiger partial charge in [-0.3, -0.25) is 4.90 Å². The van der Waals surface area contributed by atoms with E-state index in [2.05, 4.69) is 39.4 Å². The predicted octanol–water partition coefficient (Wildman–Crippen LogP) is 2.70. The van der Waals surface area contributed by atoms with E-state index in [1.807, 2.05) is 7.05 Å². The monoisotopic (exact) mass is 342 g/mol. The summed E-state index contributed by atoms with van der Waals surface area (Å²) in [5.74, 6) is 1.01. The van der Waals surface area contributed by atoms with Crippen molar-refractivity contribution in [3.8, 4) is 0 Å². The van der Waals surface area contributed by atoms with Gasteiger partial charge in [0.15, 0.2) is 11.5 Å². The van der Waals surface area contributed by atoms with Crippen LogP contribution >= 0.6 is 11.3 Å². The van der Waals surface area contributed by atoms with Gasteiger partial charge in [0.1, 0.15) is 0 Å². The van der Waals surface area contributed by atoms with Crippen LogP contribution < -0.4 is 5.73 Å². The number of nitrogens with zero attached hydrogens (tertiary/aromatic N) is 5. The van der Waals surface area contributed by atoms with Crippen LogP contribution in [-0.2, 0) is 13.6 Å². The molecule has 24 heavy (non-hydrogen) atoms. The van der Waals surface area contributed by atoms with E-state index in [1.165, 1.54) is 18.5 Å². The molecule has 7 heteroatoms. The minimum atomic E-state index is 0.457. The number of anilines is 1. The topological polar surface area (TPSA) is 72.9 Å². The normalized spacial score (nSPS) is 19.2. The van der Waals surface area contributed by atoms with Crippen LogP contribution in [0.5, 0.6) is 0 Å². The maximum Gasteiger partial charge on any atom is 0.159 e. The zero-order chi connectivity index (χ0) is 16.7. The standard InChI is InChI=1S/C17H22N6S/c1-11-19-13(10-24-11)9-23-7-3-4-12(8-23)15-6-5-14-16(18)21-22(2)17(14)20-15/h5-6,10,12H,3-4,7-9H2,1-2H3,(H2,18,21)/t12-/m1/s1. The van der Waals surface area contributed by atoms with Gasteiger partial charge in [0.05, 0.1) is 16.1 Å². The van der Waals surface area contributed by atoms with E-state index in [0.717, 1.165) is 41.4 Å². The van der Waals surface area contributed by atoms with Crippen molar-refractivity contribution >= 4 is 28.2 Å². The van der Waals surface area contributed by atoms with Crippen molar-refractivity contribution in [1.29, 1.82) is 0 Å². The van der Waals surface area contributed by atoms with Gasteiger partial charge in [-0.25, -0.2) is 14.6 Å². The number of aryl methyl sites for hydroxylation is 2. The van der Waals surface area contributed by atoms with Gasteiger partial charge in [0.25, 0.3) is 0 Å². The van der Waals surface area contributed by atoms with E-state index < -0.39 is 0 Å². The number of hydrogen-bond acceptors (Lipinski definition) is 6. The number of hydrogen-bond donors (Lipinski definition) is 1. The molecule has 1 saturated heterocycles. The molecule has 0 bridgehead atoms. The Morgan fingerprint density at radius 3 is 3.00 bits per heavy atom. The lowest BCUT2D eigenvalue weighted by atomic mass is 9.94. The Bertz CT molecular complexity index is 867. The average Bonchev–Trinajstić information content (AvgIpc) is 3.11. The zero-order valence-electron chi connectivity index (χ0n) is 14.1. The van der Waals surface area contributed by atoms with E-state index in [-0.39, 0.29) is 0 Å². The largest absolute Gasteiger partial charge is 0.382 e. The fourth-order valence-electron chi connectivity index (χ4n) is 3.55. The van der Waals surface area contributed by atoms with E-state index >= 15 is 0 Å². The molecule has 1 fully saturated rings. The Balaban J connectivity index is 1.54. The third-order valence-electron chi connectivity index (χ3n) is 4.71. The summed E-state index contributed by atoms with van der Waals surface area (Å²) in [4.78, 5) is 11.9. The minimum Gasteiger partial charge on any atom is -0.382 e. The molecular formula is C17H22N6S. The van der Waals surface area contributed by atoms with Gasteiger partial charge in [-0.2, -0.15) is 5.10 Å². The second-order valence-electron chi connectivity index (χ2n) is 6.55. The highest BCUT2D eigenvalue weighted by molar-refractivity contribution is 7.09. The highest BCUT2D eigenvalue weighted by Gasteiger charge is 2.23. The van der Waals surface area contributed by atoms with Gasteiger partial charge >= 0.3 is 0 Å². The van der Waals surface area contributed by atoms with Crippen molar-refractivity contribution in [1.82, 2.24) is 24.6 Å². The molecule has 0 saturated carbocycles. The molecule has 3 aromatic heterocycles. The Labute approximate surface area is 145 Å². The summed E-state index contributed by atoms with van der Waals surface area (Å²) in [7, 11) is 1.90. The molecule has 3 aromatic rings. The van der Waals surface area contributed by atoms with E-state index in [4.69, 9.17) is 10.7 Å². The number of aromatic nitrogens is 4. The minimum absolute atomic E-state index is 0.457. The van der Waals surface area contributed by atoms with Crippen LogP contribution in [-0.4, -0.2) is 37.7 Å². The SMILES string of the molecule is Cc1nc(CN2CCC[C@@H](c3ccc4c(N)nn(C)c4n3)C2)cs1. The van der Waals surface area contributed by atoms with Gasteiger partial charge in [-0.05, 0) is 38.4 Å². The summed E-state index contributed by atoms with van der Waals surface area (Å²) >= 11 is 1.72. The van der Waals surface area contributed by atoms with Crippen LogP contribution in [0.2, 0.25) is 0 Å². The van der Waals surface area contributed by atoms with Crippen molar-refractivity contribution in [2.45, 2.75) is 32.2 Å². The number of nitrogen functional groups attached to an aromatic ring is 1. The van der Waals surface area contributed by atoms with Crippen LogP contribution in [0.3, 0.4) is 0 Å². The van der Waals surface area contributed by atoms with Crippen LogP contribution in [0.4, 0.5) is 5.82 Å². The van der Waals surface area contributed by atoms with E-state index in [0.29, 0.717) is 11.7 Å². The highest BCUT2D eigenvalue weighted by Crippen LogP contribution is 2.29. The molecule has 0 radical (unpaired) electrons. The second kappa shape index (κ2) is 6.14. The van der Waals surface area contributed by atoms with Crippen molar-refractivity contribution in [3.63, 3.8) is 0 Å². The number of thiazole rings is 1. The van der Waals surface area contributed by atoms with E-state index in [1.54, 1.807) is 16.0 Å². The maximum absolute atomic E-state index is 5.93. The van der Waals surface area contributed by atoms with Crippen LogP contribution in [0.15, 0.2) is 17.5 Å². The van der Waals surface area contributed by atoms with Crippen LogP contribution in [0.1, 0.15) is 35.2 Å². The molecular weight excluding hydrogens is 320 g/mol. The molecule has 0 aliphatic carbocycles. The summed E-state index contributed by atoms with van der Waals surface area (Å²) in [6.45, 7) is 5.16. The number of fused-ring (bicyclic) bond motifs is 1. The van der Waals surface area contributed by atoms with Gasteiger partial charge in [-0.15, -0.1) is 11.3 Å². The smallest absolute Gasteiger partial charge is 0.159 e. The molecule has 2 N–H and O–H groups in total.